The molecule has 0 aromatic heterocycles. The number of nitrogens with one attached hydrogen (secondary N) is 1. The summed E-state index contributed by atoms with van der Waals surface area (Å²) in [6, 6.07) is 11.0. The fourth-order valence-corrected chi connectivity index (χ4v) is 1.59. The molecule has 0 bridgehead atoms. The summed E-state index contributed by atoms with van der Waals surface area (Å²) in [5.74, 6) is -2.52. The lowest BCUT2D eigenvalue weighted by Gasteiger charge is -2.11. The third-order valence-electron chi connectivity index (χ3n) is 2.48. The first-order valence-corrected chi connectivity index (χ1v) is 5.45. The van der Waals surface area contributed by atoms with Crippen molar-refractivity contribution in [1.29, 1.82) is 0 Å². The van der Waals surface area contributed by atoms with Gasteiger partial charge in [-0.1, -0.05) is 24.3 Å². The maximum Gasteiger partial charge on any atom is 0.255 e. The van der Waals surface area contributed by atoms with Crippen LogP contribution in [0.25, 0.3) is 0 Å². The Morgan fingerprint density at radius 2 is 1.79 bits per heavy atom. The fraction of sp³-hybridized carbons (Fsp3) is 0. The molecule has 0 aliphatic rings. The number of carboxylic acids is 1. The van der Waals surface area contributed by atoms with Gasteiger partial charge in [-0.2, -0.15) is 0 Å². The molecule has 1 amide bonds. The van der Waals surface area contributed by atoms with Gasteiger partial charge >= 0.3 is 0 Å². The van der Waals surface area contributed by atoms with Gasteiger partial charge in [0.2, 0.25) is 0 Å². The van der Waals surface area contributed by atoms with Crippen molar-refractivity contribution in [1.82, 2.24) is 0 Å². The summed E-state index contributed by atoms with van der Waals surface area (Å²) >= 11 is 0. The summed E-state index contributed by atoms with van der Waals surface area (Å²) < 4.78 is 13.0. The summed E-state index contributed by atoms with van der Waals surface area (Å²) in [5.41, 5.74) is 0.0807. The quantitative estimate of drug-likeness (QED) is 0.905. The van der Waals surface area contributed by atoms with E-state index in [-0.39, 0.29) is 16.8 Å². The van der Waals surface area contributed by atoms with Crippen LogP contribution in [0.3, 0.4) is 0 Å². The lowest BCUT2D eigenvalue weighted by Crippen LogP contribution is -2.24. The molecule has 4 nitrogen and oxygen atoms in total. The summed E-state index contributed by atoms with van der Waals surface area (Å²) in [6.45, 7) is 0. The van der Waals surface area contributed by atoms with E-state index >= 15 is 0 Å². The molecule has 19 heavy (non-hydrogen) atoms. The Hall–Kier alpha value is -2.69. The molecule has 2 aromatic rings. The maximum absolute atomic E-state index is 13.0. The second-order valence-electron chi connectivity index (χ2n) is 3.80. The van der Waals surface area contributed by atoms with Crippen LogP contribution in [0, 0.1) is 5.82 Å². The first kappa shape index (κ1) is 12.8. The van der Waals surface area contributed by atoms with Crippen molar-refractivity contribution >= 4 is 17.6 Å². The molecule has 5 heteroatoms. The number of aromatic carboxylic acids is 1. The highest BCUT2D eigenvalue weighted by atomic mass is 19.1. The zero-order chi connectivity index (χ0) is 13.8. The standard InChI is InChI=1S/C14H10FNO3/c15-10-5-3-4-9(8-10)13(17)16-12-7-2-1-6-11(12)14(18)19/h1-8H,(H,16,17)(H,18,19)/p-1. The summed E-state index contributed by atoms with van der Waals surface area (Å²) in [6.07, 6.45) is 0. The minimum atomic E-state index is -1.39. The van der Waals surface area contributed by atoms with E-state index in [1.807, 2.05) is 0 Å². The first-order valence-electron chi connectivity index (χ1n) is 5.45. The fourth-order valence-electron chi connectivity index (χ4n) is 1.59. The molecule has 0 saturated heterocycles. The molecule has 0 unspecified atom stereocenters. The van der Waals surface area contributed by atoms with Gasteiger partial charge in [0.1, 0.15) is 5.82 Å². The van der Waals surface area contributed by atoms with Crippen LogP contribution < -0.4 is 10.4 Å². The van der Waals surface area contributed by atoms with Crippen molar-refractivity contribution in [3.8, 4) is 0 Å². The monoisotopic (exact) mass is 258 g/mol. The predicted molar refractivity (Wildman–Crippen MR) is 65.1 cm³/mol. The number of hydrogen-bond acceptors (Lipinski definition) is 3. The molecule has 1 N–H and O–H groups in total. The molecule has 0 radical (unpaired) electrons. The number of carbonyl (C=O) groups is 2. The van der Waals surface area contributed by atoms with Gasteiger partial charge in [-0.15, -0.1) is 0 Å². The Morgan fingerprint density at radius 1 is 1.05 bits per heavy atom. The van der Waals surface area contributed by atoms with E-state index in [9.17, 15) is 19.1 Å². The van der Waals surface area contributed by atoms with Crippen LogP contribution >= 0.6 is 0 Å². The molecule has 96 valence electrons. The number of para-hydroxylation sites is 1. The van der Waals surface area contributed by atoms with E-state index in [1.165, 1.54) is 36.4 Å². The van der Waals surface area contributed by atoms with E-state index < -0.39 is 17.7 Å². The van der Waals surface area contributed by atoms with Crippen LogP contribution in [0.4, 0.5) is 10.1 Å². The van der Waals surface area contributed by atoms with E-state index in [1.54, 1.807) is 6.07 Å². The number of rotatable bonds is 3. The smallest absolute Gasteiger partial charge is 0.255 e. The number of halogens is 1. The summed E-state index contributed by atoms with van der Waals surface area (Å²) in [5, 5.41) is 13.3. The molecule has 0 atom stereocenters. The summed E-state index contributed by atoms with van der Waals surface area (Å²) in [7, 11) is 0. The van der Waals surface area contributed by atoms with Gasteiger partial charge in [0, 0.05) is 11.1 Å². The number of hydrogen-bond donors (Lipinski definition) is 1. The Bertz CT molecular complexity index is 640. The molecule has 0 spiro atoms. The third-order valence-corrected chi connectivity index (χ3v) is 2.48. The normalized spacial score (nSPS) is 9.95. The van der Waals surface area contributed by atoms with Crippen molar-refractivity contribution in [2.75, 3.05) is 5.32 Å². The molecule has 0 saturated carbocycles. The highest BCUT2D eigenvalue weighted by Gasteiger charge is 2.09. The minimum Gasteiger partial charge on any atom is -0.545 e. The minimum absolute atomic E-state index is 0.105. The highest BCUT2D eigenvalue weighted by molar-refractivity contribution is 6.07. The number of amides is 1. The van der Waals surface area contributed by atoms with E-state index in [0.29, 0.717) is 0 Å². The maximum atomic E-state index is 13.0. The van der Waals surface area contributed by atoms with Crippen LogP contribution in [-0.2, 0) is 0 Å². The second-order valence-corrected chi connectivity index (χ2v) is 3.80. The van der Waals surface area contributed by atoms with Gasteiger partial charge in [0.05, 0.1) is 11.7 Å². The van der Waals surface area contributed by atoms with Crippen molar-refractivity contribution in [2.24, 2.45) is 0 Å². The second kappa shape index (κ2) is 5.30. The average Bonchev–Trinajstić information content (AvgIpc) is 2.39. The molecule has 2 rings (SSSR count). The highest BCUT2D eigenvalue weighted by Crippen LogP contribution is 2.15. The Labute approximate surface area is 108 Å². The van der Waals surface area contributed by atoms with Crippen molar-refractivity contribution < 1.29 is 19.1 Å². The topological polar surface area (TPSA) is 69.2 Å². The molecular weight excluding hydrogens is 249 g/mol. The molecule has 0 heterocycles. The Kier molecular flexibility index (Phi) is 3.56. The number of benzene rings is 2. The molecule has 2 aromatic carbocycles. The predicted octanol–water partition coefficient (Wildman–Crippen LogP) is 1.44. The van der Waals surface area contributed by atoms with Crippen molar-refractivity contribution in [2.45, 2.75) is 0 Å². The summed E-state index contributed by atoms with van der Waals surface area (Å²) in [4.78, 5) is 22.7. The van der Waals surface area contributed by atoms with E-state index in [2.05, 4.69) is 5.32 Å². The molecule has 0 aliphatic carbocycles. The number of carbonyl (C=O) groups excluding carboxylic acids is 2. The van der Waals surface area contributed by atoms with Gasteiger partial charge in [-0.25, -0.2) is 4.39 Å². The van der Waals surface area contributed by atoms with Gasteiger partial charge in [-0.3, -0.25) is 4.79 Å². The van der Waals surface area contributed by atoms with Crippen molar-refractivity contribution in [3.63, 3.8) is 0 Å². The average molecular weight is 258 g/mol. The van der Waals surface area contributed by atoms with Gasteiger partial charge in [0.25, 0.3) is 5.91 Å². The lowest BCUT2D eigenvalue weighted by molar-refractivity contribution is -0.254. The van der Waals surface area contributed by atoms with E-state index in [0.717, 1.165) is 6.07 Å². The van der Waals surface area contributed by atoms with Gasteiger partial charge < -0.3 is 15.2 Å². The van der Waals surface area contributed by atoms with Crippen LogP contribution in [0.1, 0.15) is 20.7 Å². The SMILES string of the molecule is O=C(Nc1ccccc1C(=O)[O-])c1cccc(F)c1. The largest absolute Gasteiger partial charge is 0.545 e. The van der Waals surface area contributed by atoms with Crippen LogP contribution in [-0.4, -0.2) is 11.9 Å². The Balaban J connectivity index is 2.27. The van der Waals surface area contributed by atoms with Crippen LogP contribution in [0.5, 0.6) is 0 Å². The Morgan fingerprint density at radius 3 is 2.47 bits per heavy atom. The molecular formula is C14H9FNO3-. The van der Waals surface area contributed by atoms with E-state index in [4.69, 9.17) is 0 Å². The first-order chi connectivity index (χ1) is 9.08. The molecule has 0 aliphatic heterocycles. The van der Waals surface area contributed by atoms with Gasteiger partial charge in [-0.05, 0) is 24.3 Å². The zero-order valence-electron chi connectivity index (χ0n) is 9.72. The third kappa shape index (κ3) is 2.95. The zero-order valence-corrected chi connectivity index (χ0v) is 9.72. The van der Waals surface area contributed by atoms with Crippen LogP contribution in [0.15, 0.2) is 48.5 Å². The van der Waals surface area contributed by atoms with Crippen molar-refractivity contribution in [3.05, 3.63) is 65.5 Å². The number of carboxylic acid groups (broad SMARTS) is 1. The number of anilines is 1. The lowest BCUT2D eigenvalue weighted by atomic mass is 10.1. The van der Waals surface area contributed by atoms with Crippen LogP contribution in [0.2, 0.25) is 0 Å². The molecule has 0 fully saturated rings. The van der Waals surface area contributed by atoms with Gasteiger partial charge in [0.15, 0.2) is 0 Å².